The van der Waals surface area contributed by atoms with Crippen molar-refractivity contribution in [1.29, 1.82) is 0 Å². The van der Waals surface area contributed by atoms with Gasteiger partial charge in [-0.2, -0.15) is 0 Å². The van der Waals surface area contributed by atoms with Crippen molar-refractivity contribution in [3.05, 3.63) is 91.0 Å². The van der Waals surface area contributed by atoms with Crippen molar-refractivity contribution in [3.63, 3.8) is 0 Å². The first-order valence-electron chi connectivity index (χ1n) is 15.0. The van der Waals surface area contributed by atoms with E-state index in [1.807, 2.05) is 0 Å². The Bertz CT molecular complexity index is 2930. The van der Waals surface area contributed by atoms with Crippen molar-refractivity contribution < 1.29 is 147 Å². The van der Waals surface area contributed by atoms with Crippen molar-refractivity contribution in [2.75, 3.05) is 14.2 Å². The van der Waals surface area contributed by atoms with Crippen LogP contribution in [0.25, 0.3) is 32.7 Å². The largest absolute Gasteiger partial charge is 1.00 e. The van der Waals surface area contributed by atoms with Gasteiger partial charge in [0.05, 0.1) is 28.9 Å². The Kier molecular flexibility index (Phi) is 16.0. The van der Waals surface area contributed by atoms with Gasteiger partial charge in [-0.25, -0.2) is 25.3 Å². The van der Waals surface area contributed by atoms with E-state index in [4.69, 9.17) is 9.47 Å². The Hall–Kier alpha value is -3.03. The molecule has 0 amide bonds. The van der Waals surface area contributed by atoms with E-state index in [9.17, 15) is 49.1 Å². The molecular weight excluding hydrogens is 838 g/mol. The molecule has 0 unspecified atom stereocenters. The second-order valence-corrected chi connectivity index (χ2v) is 15.4. The minimum absolute atomic E-state index is 0. The summed E-state index contributed by atoms with van der Waals surface area (Å²) >= 11 is 0. The van der Waals surface area contributed by atoms with Crippen molar-refractivity contribution in [1.82, 2.24) is 0 Å². The summed E-state index contributed by atoms with van der Waals surface area (Å²) in [5.74, 6) is -0.886. The molecule has 17 nitrogen and oxygen atoms in total. The molecule has 0 heterocycles. The number of hydrogen-bond donors (Lipinski definition) is 2. The maximum Gasteiger partial charge on any atom is 1.00 e. The van der Waals surface area contributed by atoms with Gasteiger partial charge in [-0.1, -0.05) is 36.4 Å². The topological polar surface area (TPSA) is 280 Å². The number of methoxy groups -OCH3 is 2. The molecule has 6 aromatic carbocycles. The summed E-state index contributed by atoms with van der Waals surface area (Å²) in [6.07, 6.45) is 0. The first-order chi connectivity index (χ1) is 25.4. The van der Waals surface area contributed by atoms with Crippen LogP contribution in [0.15, 0.2) is 126 Å². The maximum atomic E-state index is 12.1. The molecular formula is C34H23N4Na3O13S3. The third kappa shape index (κ3) is 10.4. The fourth-order valence-corrected chi connectivity index (χ4v) is 7.31. The molecule has 0 bridgehead atoms. The summed E-state index contributed by atoms with van der Waals surface area (Å²) in [6, 6.07) is 19.6. The summed E-state index contributed by atoms with van der Waals surface area (Å²) in [4.78, 5) is -2.32. The molecule has 278 valence electrons. The third-order valence-corrected chi connectivity index (χ3v) is 10.6. The molecule has 2 N–H and O–H groups in total. The smallest absolute Gasteiger partial charge is 0.744 e. The number of azo groups is 2. The first kappa shape index (κ1) is 48.3. The van der Waals surface area contributed by atoms with E-state index in [-0.39, 0.29) is 139 Å². The Morgan fingerprint density at radius 3 is 1.53 bits per heavy atom. The molecule has 0 fully saturated rings. The van der Waals surface area contributed by atoms with Crippen LogP contribution in [0.2, 0.25) is 0 Å². The minimum atomic E-state index is -5.31. The normalized spacial score (nSPS) is 11.9. The van der Waals surface area contributed by atoms with E-state index in [0.29, 0.717) is 11.1 Å². The molecule has 0 radical (unpaired) electrons. The van der Waals surface area contributed by atoms with Crippen LogP contribution in [0.4, 0.5) is 22.7 Å². The number of nitrogens with zero attached hydrogens (tertiary/aromatic N) is 4. The zero-order chi connectivity index (χ0) is 39.2. The average molecular weight is 861 g/mol. The van der Waals surface area contributed by atoms with Gasteiger partial charge in [-0.15, -0.1) is 20.5 Å². The molecule has 0 aliphatic heterocycles. The summed E-state index contributed by atoms with van der Waals surface area (Å²) in [7, 11) is -12.5. The maximum absolute atomic E-state index is 12.1. The van der Waals surface area contributed by atoms with Crippen LogP contribution in [-0.2, 0) is 30.4 Å². The molecule has 6 aromatic rings. The quantitative estimate of drug-likeness (QED) is 0.0830. The number of phenols is 2. The Balaban J connectivity index is 0.00000290. The molecule has 0 atom stereocenters. The summed E-state index contributed by atoms with van der Waals surface area (Å²) < 4.78 is 118. The van der Waals surface area contributed by atoms with Gasteiger partial charge in [-0.05, 0) is 71.1 Å². The summed E-state index contributed by atoms with van der Waals surface area (Å²) in [5.41, 5.74) is 0.304. The summed E-state index contributed by atoms with van der Waals surface area (Å²) in [6.45, 7) is 0. The van der Waals surface area contributed by atoms with Crippen molar-refractivity contribution in [2.24, 2.45) is 20.5 Å². The average Bonchev–Trinajstić information content (AvgIpc) is 3.12. The Morgan fingerprint density at radius 2 is 1.02 bits per heavy atom. The predicted molar refractivity (Wildman–Crippen MR) is 188 cm³/mol. The van der Waals surface area contributed by atoms with E-state index >= 15 is 0 Å². The fourth-order valence-electron chi connectivity index (χ4n) is 5.46. The van der Waals surface area contributed by atoms with Gasteiger partial charge in [0, 0.05) is 16.2 Å². The Morgan fingerprint density at radius 1 is 0.509 bits per heavy atom. The number of rotatable bonds is 10. The van der Waals surface area contributed by atoms with Gasteiger partial charge in [0.1, 0.15) is 64.6 Å². The van der Waals surface area contributed by atoms with Crippen LogP contribution in [0.1, 0.15) is 0 Å². The molecule has 0 aliphatic rings. The second-order valence-electron chi connectivity index (χ2n) is 11.3. The molecule has 0 spiro atoms. The number of benzene rings is 6. The van der Waals surface area contributed by atoms with Crippen LogP contribution < -0.4 is 98.1 Å². The van der Waals surface area contributed by atoms with E-state index in [1.165, 1.54) is 44.6 Å². The number of aromatic hydroxyl groups is 2. The number of ether oxygens (including phenoxy) is 2. The van der Waals surface area contributed by atoms with Crippen LogP contribution in [0, 0.1) is 0 Å². The van der Waals surface area contributed by atoms with Gasteiger partial charge in [0.2, 0.25) is 0 Å². The van der Waals surface area contributed by atoms with Gasteiger partial charge in [-0.3, -0.25) is 0 Å². The van der Waals surface area contributed by atoms with E-state index < -0.39 is 62.2 Å². The fraction of sp³-hybridized carbons (Fsp3) is 0.0588. The van der Waals surface area contributed by atoms with Crippen LogP contribution >= 0.6 is 0 Å². The molecule has 0 aromatic heterocycles. The van der Waals surface area contributed by atoms with Gasteiger partial charge >= 0.3 is 88.7 Å². The molecule has 0 aliphatic carbocycles. The second kappa shape index (κ2) is 18.9. The molecule has 23 heteroatoms. The summed E-state index contributed by atoms with van der Waals surface area (Å²) in [5, 5.41) is 37.3. The third-order valence-electron chi connectivity index (χ3n) is 8.02. The van der Waals surface area contributed by atoms with Crippen LogP contribution in [0.5, 0.6) is 23.0 Å². The Labute approximate surface area is 392 Å². The predicted octanol–water partition coefficient (Wildman–Crippen LogP) is -2.36. The molecule has 6 rings (SSSR count). The molecule has 57 heavy (non-hydrogen) atoms. The zero-order valence-corrected chi connectivity index (χ0v) is 39.0. The molecule has 0 saturated heterocycles. The van der Waals surface area contributed by atoms with Crippen LogP contribution in [-0.4, -0.2) is 63.3 Å². The van der Waals surface area contributed by atoms with Gasteiger partial charge in [0.25, 0.3) is 0 Å². The minimum Gasteiger partial charge on any atom is -0.744 e. The monoisotopic (exact) mass is 860 g/mol. The standard InChI is InChI=1S/C34H26N4O13S3.3Na/c1-50-28-14-18(7-11-25(28)35-37-27-17-30(53(44,45)46)23-5-3-4-6-24(23)33(27)39)19-8-12-26(29(15-19)51-2)36-38-32-31(54(47,48)49)16-20-13-21(52(41,42)43)9-10-22(20)34(32)40;;;/h3-17,39-40H,1-2H3,(H,41,42,43)(H,44,45,46)(H,47,48,49);;;/q;3*+1/p-3. The number of fused-ring (bicyclic) bond motifs is 2. The van der Waals surface area contributed by atoms with E-state index in [2.05, 4.69) is 20.5 Å². The van der Waals surface area contributed by atoms with Crippen molar-refractivity contribution >= 4 is 74.6 Å². The number of phenolic OH excluding ortho intramolecular Hbond substituents is 2. The zero-order valence-electron chi connectivity index (χ0n) is 30.6. The van der Waals surface area contributed by atoms with Crippen molar-refractivity contribution in [2.45, 2.75) is 14.7 Å². The molecule has 0 saturated carbocycles. The number of hydrogen-bond acceptors (Lipinski definition) is 17. The van der Waals surface area contributed by atoms with E-state index in [0.717, 1.165) is 30.3 Å². The SMILES string of the molecule is COc1cc(-c2ccc(N=Nc3c(S(=O)(=O)[O-])cc4cc(S(=O)(=O)[O-])ccc4c3O)c(OC)c2)ccc1N=Nc1cc(S(=O)(=O)[O-])c2ccccc2c1O.[Na+].[Na+].[Na+]. The van der Waals surface area contributed by atoms with Gasteiger partial charge < -0.3 is 33.3 Å². The van der Waals surface area contributed by atoms with Gasteiger partial charge in [0.15, 0.2) is 11.5 Å². The first-order valence-corrected chi connectivity index (χ1v) is 19.2. The van der Waals surface area contributed by atoms with E-state index in [1.54, 1.807) is 30.3 Å². The van der Waals surface area contributed by atoms with Crippen molar-refractivity contribution in [3.8, 4) is 34.1 Å². The van der Waals surface area contributed by atoms with Crippen LogP contribution in [0.3, 0.4) is 0 Å².